The molecule has 2 aromatic carbocycles. The van der Waals surface area contributed by atoms with E-state index in [-0.39, 0.29) is 12.3 Å². The maximum Gasteiger partial charge on any atom is 0.360 e. The highest BCUT2D eigenvalue weighted by Crippen LogP contribution is 2.29. The molecular formula is C19H19N3O4. The minimum absolute atomic E-state index is 0.118. The van der Waals surface area contributed by atoms with E-state index in [0.717, 1.165) is 0 Å². The number of rotatable bonds is 6. The summed E-state index contributed by atoms with van der Waals surface area (Å²) in [6.07, 6.45) is 0. The topological polar surface area (TPSA) is 82.6 Å². The molecule has 0 aliphatic carbocycles. The Balaban J connectivity index is 2.08. The van der Waals surface area contributed by atoms with Crippen molar-refractivity contribution in [2.75, 3.05) is 26.1 Å². The molecule has 0 aliphatic rings. The maximum atomic E-state index is 12.3. The van der Waals surface area contributed by atoms with E-state index in [0.29, 0.717) is 34.0 Å². The first-order valence-corrected chi connectivity index (χ1v) is 8.08. The molecule has 3 aromatic rings. The van der Waals surface area contributed by atoms with Crippen molar-refractivity contribution in [3.05, 3.63) is 48.2 Å². The number of fused-ring (bicyclic) bond motifs is 1. The SMILES string of the molecule is CCOC(=O)c1nc2ccccc2nc1Nc1cc(OC)cc(OC)c1. The number of benzene rings is 2. The van der Waals surface area contributed by atoms with Gasteiger partial charge < -0.3 is 19.5 Å². The molecule has 0 fully saturated rings. The van der Waals surface area contributed by atoms with Crippen LogP contribution in [0, 0.1) is 0 Å². The molecular weight excluding hydrogens is 334 g/mol. The normalized spacial score (nSPS) is 10.4. The molecule has 0 atom stereocenters. The van der Waals surface area contributed by atoms with E-state index < -0.39 is 5.97 Å². The van der Waals surface area contributed by atoms with E-state index in [1.54, 1.807) is 45.4 Å². The van der Waals surface area contributed by atoms with Gasteiger partial charge in [-0.3, -0.25) is 0 Å². The minimum atomic E-state index is -0.539. The van der Waals surface area contributed by atoms with Gasteiger partial charge in [-0.15, -0.1) is 0 Å². The zero-order chi connectivity index (χ0) is 18.5. The van der Waals surface area contributed by atoms with Gasteiger partial charge in [0.1, 0.15) is 11.5 Å². The lowest BCUT2D eigenvalue weighted by molar-refractivity contribution is 0.0521. The second-order valence-electron chi connectivity index (χ2n) is 5.36. The highest BCUT2D eigenvalue weighted by Gasteiger charge is 2.18. The highest BCUT2D eigenvalue weighted by molar-refractivity contribution is 5.96. The Morgan fingerprint density at radius 3 is 2.19 bits per heavy atom. The first-order valence-electron chi connectivity index (χ1n) is 8.08. The molecule has 1 heterocycles. The number of nitrogens with zero attached hydrogens (tertiary/aromatic N) is 2. The summed E-state index contributed by atoms with van der Waals surface area (Å²) in [7, 11) is 3.14. The summed E-state index contributed by atoms with van der Waals surface area (Å²) in [5.74, 6) is 0.983. The number of methoxy groups -OCH3 is 2. The molecule has 26 heavy (non-hydrogen) atoms. The highest BCUT2D eigenvalue weighted by atomic mass is 16.5. The van der Waals surface area contributed by atoms with E-state index >= 15 is 0 Å². The monoisotopic (exact) mass is 353 g/mol. The lowest BCUT2D eigenvalue weighted by Crippen LogP contribution is -2.12. The van der Waals surface area contributed by atoms with E-state index in [1.807, 2.05) is 18.2 Å². The molecule has 0 saturated heterocycles. The van der Waals surface area contributed by atoms with Crippen LogP contribution >= 0.6 is 0 Å². The fourth-order valence-electron chi connectivity index (χ4n) is 2.45. The van der Waals surface area contributed by atoms with Crippen LogP contribution in [0.4, 0.5) is 11.5 Å². The lowest BCUT2D eigenvalue weighted by Gasteiger charge is -2.13. The van der Waals surface area contributed by atoms with Crippen LogP contribution in [0.5, 0.6) is 11.5 Å². The molecule has 134 valence electrons. The molecule has 0 amide bonds. The van der Waals surface area contributed by atoms with Gasteiger partial charge in [-0.25, -0.2) is 14.8 Å². The molecule has 0 radical (unpaired) electrons. The molecule has 1 N–H and O–H groups in total. The van der Waals surface area contributed by atoms with Crippen molar-refractivity contribution in [3.8, 4) is 11.5 Å². The Morgan fingerprint density at radius 2 is 1.62 bits per heavy atom. The van der Waals surface area contributed by atoms with Crippen LogP contribution in [0.15, 0.2) is 42.5 Å². The van der Waals surface area contributed by atoms with E-state index in [1.165, 1.54) is 0 Å². The second kappa shape index (κ2) is 7.69. The number of para-hydroxylation sites is 2. The summed E-state index contributed by atoms with van der Waals surface area (Å²) in [6.45, 7) is 1.99. The number of anilines is 2. The molecule has 1 aromatic heterocycles. The van der Waals surface area contributed by atoms with Crippen molar-refractivity contribution in [1.29, 1.82) is 0 Å². The van der Waals surface area contributed by atoms with Gasteiger partial charge >= 0.3 is 5.97 Å². The third kappa shape index (κ3) is 3.66. The number of hydrogen-bond acceptors (Lipinski definition) is 7. The van der Waals surface area contributed by atoms with Crippen molar-refractivity contribution in [2.24, 2.45) is 0 Å². The molecule has 0 saturated carbocycles. The van der Waals surface area contributed by atoms with E-state index in [9.17, 15) is 4.79 Å². The van der Waals surface area contributed by atoms with Crippen molar-refractivity contribution < 1.29 is 19.0 Å². The van der Waals surface area contributed by atoms with Gasteiger partial charge in [-0.2, -0.15) is 0 Å². The third-order valence-electron chi connectivity index (χ3n) is 3.65. The maximum absolute atomic E-state index is 12.3. The van der Waals surface area contributed by atoms with E-state index in [2.05, 4.69) is 15.3 Å². The predicted molar refractivity (Wildman–Crippen MR) is 98.3 cm³/mol. The summed E-state index contributed by atoms with van der Waals surface area (Å²) in [5, 5.41) is 3.12. The summed E-state index contributed by atoms with van der Waals surface area (Å²) < 4.78 is 15.7. The number of hydrogen-bond donors (Lipinski definition) is 1. The number of ether oxygens (including phenoxy) is 3. The molecule has 3 rings (SSSR count). The lowest BCUT2D eigenvalue weighted by atomic mass is 10.2. The quantitative estimate of drug-likeness (QED) is 0.678. The second-order valence-corrected chi connectivity index (χ2v) is 5.36. The van der Waals surface area contributed by atoms with Crippen LogP contribution in [0.2, 0.25) is 0 Å². The number of carbonyl (C=O) groups excluding carboxylic acids is 1. The minimum Gasteiger partial charge on any atom is -0.497 e. The van der Waals surface area contributed by atoms with Crippen molar-refractivity contribution >= 4 is 28.5 Å². The van der Waals surface area contributed by atoms with Crippen LogP contribution < -0.4 is 14.8 Å². The smallest absolute Gasteiger partial charge is 0.360 e. The molecule has 7 heteroatoms. The Labute approximate surface area is 150 Å². The van der Waals surface area contributed by atoms with Gasteiger partial charge in [0.15, 0.2) is 11.5 Å². The van der Waals surface area contributed by atoms with Crippen molar-refractivity contribution in [2.45, 2.75) is 6.92 Å². The largest absolute Gasteiger partial charge is 0.497 e. The summed E-state index contributed by atoms with van der Waals surface area (Å²) in [6, 6.07) is 12.6. The standard InChI is InChI=1S/C19H19N3O4/c1-4-26-19(23)17-18(22-16-8-6-5-7-15(16)21-17)20-12-9-13(24-2)11-14(10-12)25-3/h5-11H,4H2,1-3H3,(H,20,22). The molecule has 0 spiro atoms. The Kier molecular flexibility index (Phi) is 5.17. The van der Waals surface area contributed by atoms with Crippen molar-refractivity contribution in [3.63, 3.8) is 0 Å². The third-order valence-corrected chi connectivity index (χ3v) is 3.65. The number of esters is 1. The van der Waals surface area contributed by atoms with Gasteiger partial charge in [0.2, 0.25) is 0 Å². The summed E-state index contributed by atoms with van der Waals surface area (Å²) in [5.41, 5.74) is 2.05. The average molecular weight is 353 g/mol. The van der Waals surface area contributed by atoms with Crippen LogP contribution in [-0.4, -0.2) is 36.8 Å². The summed E-state index contributed by atoms with van der Waals surface area (Å²) in [4.78, 5) is 21.3. The van der Waals surface area contributed by atoms with Crippen LogP contribution in [0.25, 0.3) is 11.0 Å². The summed E-state index contributed by atoms with van der Waals surface area (Å²) >= 11 is 0. The van der Waals surface area contributed by atoms with Gasteiger partial charge in [0, 0.05) is 23.9 Å². The Morgan fingerprint density at radius 1 is 1.00 bits per heavy atom. The fraction of sp³-hybridized carbons (Fsp3) is 0.211. The predicted octanol–water partition coefficient (Wildman–Crippen LogP) is 3.57. The number of aromatic nitrogens is 2. The number of nitrogens with one attached hydrogen (secondary N) is 1. The fourth-order valence-corrected chi connectivity index (χ4v) is 2.45. The van der Waals surface area contributed by atoms with Gasteiger partial charge in [-0.05, 0) is 19.1 Å². The van der Waals surface area contributed by atoms with E-state index in [4.69, 9.17) is 14.2 Å². The van der Waals surface area contributed by atoms with Crippen molar-refractivity contribution in [1.82, 2.24) is 9.97 Å². The van der Waals surface area contributed by atoms with Gasteiger partial charge in [0.25, 0.3) is 0 Å². The zero-order valence-electron chi connectivity index (χ0n) is 14.8. The Hall–Kier alpha value is -3.35. The zero-order valence-corrected chi connectivity index (χ0v) is 14.8. The first-order chi connectivity index (χ1) is 12.6. The molecule has 7 nitrogen and oxygen atoms in total. The Bertz CT molecular complexity index is 921. The van der Waals surface area contributed by atoms with Gasteiger partial charge in [-0.1, -0.05) is 12.1 Å². The van der Waals surface area contributed by atoms with Crippen LogP contribution in [0.3, 0.4) is 0 Å². The van der Waals surface area contributed by atoms with Gasteiger partial charge in [0.05, 0.1) is 31.9 Å². The first kappa shape index (κ1) is 17.5. The average Bonchev–Trinajstić information content (AvgIpc) is 2.67. The molecule has 0 bridgehead atoms. The molecule has 0 aliphatic heterocycles. The van der Waals surface area contributed by atoms with Crippen LogP contribution in [-0.2, 0) is 4.74 Å². The molecule has 0 unspecified atom stereocenters. The van der Waals surface area contributed by atoms with Crippen LogP contribution in [0.1, 0.15) is 17.4 Å². The number of carbonyl (C=O) groups is 1.